The van der Waals surface area contributed by atoms with Gasteiger partial charge in [-0.1, -0.05) is 27.7 Å². The van der Waals surface area contributed by atoms with E-state index in [4.69, 9.17) is 17.2 Å². The van der Waals surface area contributed by atoms with Crippen molar-refractivity contribution in [2.24, 2.45) is 28.1 Å². The topological polar surface area (TPSA) is 289 Å². The molecule has 5 amide bonds. The van der Waals surface area contributed by atoms with E-state index >= 15 is 0 Å². The van der Waals surface area contributed by atoms with Crippen molar-refractivity contribution in [1.82, 2.24) is 47.4 Å². The molecule has 290 valence electrons. The summed E-state index contributed by atoms with van der Waals surface area (Å²) < 4.78 is 0. The molecule has 0 aliphatic rings. The third-order valence-electron chi connectivity index (χ3n) is 7.79. The number of rotatable bonds is 27. The van der Waals surface area contributed by atoms with Gasteiger partial charge < -0.3 is 48.8 Å². The highest BCUT2D eigenvalue weighted by atomic mass is 16.2. The Morgan fingerprint density at radius 1 is 0.784 bits per heavy atom. The van der Waals surface area contributed by atoms with Crippen LogP contribution >= 0.6 is 0 Å². The summed E-state index contributed by atoms with van der Waals surface area (Å²) in [5.74, 6) is -2.64. The van der Waals surface area contributed by atoms with Crippen molar-refractivity contribution in [3.63, 3.8) is 0 Å². The molecule has 0 aromatic carbocycles. The van der Waals surface area contributed by atoms with Gasteiger partial charge in [-0.25, -0.2) is 10.4 Å². The average Bonchev–Trinajstić information content (AvgIpc) is 3.60. The van der Waals surface area contributed by atoms with Gasteiger partial charge in [-0.15, -0.1) is 0 Å². The summed E-state index contributed by atoms with van der Waals surface area (Å²) in [7, 11) is 0. The number of aromatic amines is 1. The summed E-state index contributed by atoms with van der Waals surface area (Å²) in [5, 5.41) is 14.3. The van der Waals surface area contributed by atoms with Crippen LogP contribution in [-0.2, 0) is 30.4 Å². The lowest BCUT2D eigenvalue weighted by atomic mass is 10.0. The number of aliphatic imine (C=N–C) groups is 1. The van der Waals surface area contributed by atoms with E-state index in [2.05, 4.69) is 52.4 Å². The lowest BCUT2D eigenvalue weighted by molar-refractivity contribution is -0.135. The normalized spacial score (nSPS) is 14.0. The van der Waals surface area contributed by atoms with Gasteiger partial charge in [0.15, 0.2) is 5.96 Å². The van der Waals surface area contributed by atoms with Gasteiger partial charge in [0, 0.05) is 31.4 Å². The number of carbonyl (C=O) groups is 5. The number of nitrogens with zero attached hydrogens (tertiary/aromatic N) is 2. The molecular weight excluding hydrogens is 658 g/mol. The Kier molecular flexibility index (Phi) is 22.5. The third kappa shape index (κ3) is 19.0. The van der Waals surface area contributed by atoms with Crippen molar-refractivity contribution < 1.29 is 24.0 Å². The number of H-pyrrole nitrogens is 1. The minimum absolute atomic E-state index is 0.0154. The lowest BCUT2D eigenvalue weighted by Crippen LogP contribution is -2.59. The Balaban J connectivity index is 3.25. The van der Waals surface area contributed by atoms with Crippen molar-refractivity contribution in [3.8, 4) is 0 Å². The highest BCUT2D eigenvalue weighted by Gasteiger charge is 2.32. The number of aromatic nitrogens is 2. The summed E-state index contributed by atoms with van der Waals surface area (Å²) in [4.78, 5) is 78.2. The first kappa shape index (κ1) is 44.7. The fourth-order valence-electron chi connectivity index (χ4n) is 4.99. The SMILES string of the molecule is CCCNNC(=O)[C@H](CCCN=C(N)N)NC(=O)[C@H](Cc1cnc[nH]1)NC(=O)[C@H](CC(C)C)NC(=O)[C@H](CCCCN)NC(=O)[C@H](C)NCCC. The first-order valence-electron chi connectivity index (χ1n) is 18.0. The Hall–Kier alpha value is -4.29. The fraction of sp³-hybridized carbons (Fsp3) is 0.727. The Morgan fingerprint density at radius 2 is 1.37 bits per heavy atom. The van der Waals surface area contributed by atoms with Crippen LogP contribution in [0, 0.1) is 5.92 Å². The van der Waals surface area contributed by atoms with Gasteiger partial charge in [-0.2, -0.15) is 0 Å². The second-order valence-electron chi connectivity index (χ2n) is 13.0. The van der Waals surface area contributed by atoms with E-state index in [1.165, 1.54) is 12.5 Å². The van der Waals surface area contributed by atoms with Crippen LogP contribution in [0.4, 0.5) is 0 Å². The van der Waals surface area contributed by atoms with Gasteiger partial charge in [-0.05, 0) is 77.3 Å². The van der Waals surface area contributed by atoms with Crippen molar-refractivity contribution in [2.45, 2.75) is 123 Å². The van der Waals surface area contributed by atoms with Gasteiger partial charge in [-0.3, -0.25) is 34.4 Å². The molecule has 18 nitrogen and oxygen atoms in total. The number of hydrogen-bond acceptors (Lipinski definition) is 10. The number of imidazole rings is 1. The largest absolute Gasteiger partial charge is 0.370 e. The van der Waals surface area contributed by atoms with Crippen LogP contribution in [0.25, 0.3) is 0 Å². The van der Waals surface area contributed by atoms with Crippen LogP contribution < -0.4 is 54.6 Å². The van der Waals surface area contributed by atoms with E-state index in [1.807, 2.05) is 27.7 Å². The van der Waals surface area contributed by atoms with Gasteiger partial charge in [0.2, 0.25) is 23.6 Å². The number of carbonyl (C=O) groups excluding carboxylic acids is 5. The van der Waals surface area contributed by atoms with Crippen molar-refractivity contribution in [2.75, 3.05) is 26.2 Å². The molecule has 51 heavy (non-hydrogen) atoms. The molecule has 5 atom stereocenters. The van der Waals surface area contributed by atoms with Gasteiger partial charge in [0.25, 0.3) is 5.91 Å². The molecule has 0 saturated carbocycles. The monoisotopic (exact) mass is 722 g/mol. The second-order valence-corrected chi connectivity index (χ2v) is 13.0. The van der Waals surface area contributed by atoms with E-state index in [0.29, 0.717) is 51.0 Å². The number of amides is 5. The highest BCUT2D eigenvalue weighted by Crippen LogP contribution is 2.10. The van der Waals surface area contributed by atoms with E-state index in [1.54, 1.807) is 6.92 Å². The molecule has 1 heterocycles. The van der Waals surface area contributed by atoms with Gasteiger partial charge in [0.05, 0.1) is 12.4 Å². The summed E-state index contributed by atoms with van der Waals surface area (Å²) in [6, 6.07) is -4.58. The third-order valence-corrected chi connectivity index (χ3v) is 7.79. The second kappa shape index (κ2) is 25.6. The molecule has 1 aromatic heterocycles. The molecule has 0 unspecified atom stereocenters. The van der Waals surface area contributed by atoms with Crippen molar-refractivity contribution in [3.05, 3.63) is 18.2 Å². The zero-order chi connectivity index (χ0) is 38.2. The molecule has 0 aliphatic carbocycles. The number of hydrazine groups is 1. The fourth-order valence-corrected chi connectivity index (χ4v) is 4.99. The quantitative estimate of drug-likeness (QED) is 0.0216. The van der Waals surface area contributed by atoms with E-state index in [-0.39, 0.29) is 43.6 Å². The van der Waals surface area contributed by atoms with E-state index in [0.717, 1.165) is 12.8 Å². The smallest absolute Gasteiger partial charge is 0.256 e. The molecule has 0 spiro atoms. The average molecular weight is 722 g/mol. The number of hydrogen-bond donors (Lipinski definition) is 11. The minimum atomic E-state index is -1.15. The number of nitrogens with two attached hydrogens (primary N) is 3. The van der Waals surface area contributed by atoms with E-state index in [9.17, 15) is 24.0 Å². The lowest BCUT2D eigenvalue weighted by Gasteiger charge is -2.27. The number of guanidine groups is 1. The van der Waals surface area contributed by atoms with Crippen LogP contribution in [0.2, 0.25) is 0 Å². The molecule has 0 radical (unpaired) electrons. The maximum atomic E-state index is 13.9. The molecule has 0 aliphatic heterocycles. The van der Waals surface area contributed by atoms with Crippen molar-refractivity contribution in [1.29, 1.82) is 0 Å². The summed E-state index contributed by atoms with van der Waals surface area (Å²) in [5.41, 5.74) is 22.5. The predicted octanol–water partition coefficient (Wildman–Crippen LogP) is -1.46. The standard InChI is InChI=1S/C33H63N13O5/c1-6-14-38-22(5)28(47)42-24(11-8-9-13-34)29(48)44-26(17-21(3)4)30(49)45-27(18-23-19-37-20-40-23)31(50)43-25(12-10-16-39-33(35)36)32(51)46-41-15-7-2/h19-22,24-27,38,41H,6-18,34H2,1-5H3,(H,37,40)(H,42,47)(H,43,50)(H,44,48)(H,45,49)(H,46,51)(H4,35,36,39)/t22-,24-,25-,26-,27-/m0/s1. The molecule has 0 saturated heterocycles. The molecule has 14 N–H and O–H groups in total. The van der Waals surface area contributed by atoms with Crippen LogP contribution in [-0.4, -0.2) is 102 Å². The minimum Gasteiger partial charge on any atom is -0.370 e. The predicted molar refractivity (Wildman–Crippen MR) is 196 cm³/mol. The molecule has 1 aromatic rings. The molecular formula is C33H63N13O5. The summed E-state index contributed by atoms with van der Waals surface area (Å²) >= 11 is 0. The highest BCUT2D eigenvalue weighted by molar-refractivity contribution is 5.96. The molecule has 0 fully saturated rings. The maximum Gasteiger partial charge on any atom is 0.256 e. The zero-order valence-electron chi connectivity index (χ0n) is 31.0. The van der Waals surface area contributed by atoms with Crippen LogP contribution in [0.3, 0.4) is 0 Å². The van der Waals surface area contributed by atoms with Crippen LogP contribution in [0.5, 0.6) is 0 Å². The molecule has 1 rings (SSSR count). The van der Waals surface area contributed by atoms with Crippen LogP contribution in [0.1, 0.15) is 91.7 Å². The molecule has 18 heteroatoms. The number of unbranched alkanes of at least 4 members (excludes halogenated alkanes) is 1. The number of nitrogens with one attached hydrogen (secondary N) is 8. The van der Waals surface area contributed by atoms with Gasteiger partial charge >= 0.3 is 0 Å². The Bertz CT molecular complexity index is 1210. The molecule has 0 bridgehead atoms. The first-order valence-corrected chi connectivity index (χ1v) is 18.0. The van der Waals surface area contributed by atoms with Crippen molar-refractivity contribution >= 4 is 35.5 Å². The summed E-state index contributed by atoms with van der Waals surface area (Å²) in [6.07, 6.45) is 7.04. The van der Waals surface area contributed by atoms with Gasteiger partial charge in [0.1, 0.15) is 24.2 Å². The first-order chi connectivity index (χ1) is 24.3. The van der Waals surface area contributed by atoms with E-state index < -0.39 is 53.8 Å². The Morgan fingerprint density at radius 3 is 1.98 bits per heavy atom. The maximum absolute atomic E-state index is 13.9. The van der Waals surface area contributed by atoms with Crippen LogP contribution in [0.15, 0.2) is 17.5 Å². The Labute approximate surface area is 301 Å². The zero-order valence-corrected chi connectivity index (χ0v) is 31.0. The summed E-state index contributed by atoms with van der Waals surface area (Å²) in [6.45, 7) is 11.3.